The Bertz CT molecular complexity index is 325. The zero-order valence-corrected chi connectivity index (χ0v) is 9.11. The van der Waals surface area contributed by atoms with Crippen LogP contribution in [0.2, 0.25) is 0 Å². The molecule has 82 valence electrons. The third-order valence-electron chi connectivity index (χ3n) is 3.05. The van der Waals surface area contributed by atoms with Gasteiger partial charge in [0.05, 0.1) is 0 Å². The average Bonchev–Trinajstić information content (AvgIpc) is 2.21. The first-order chi connectivity index (χ1) is 7.36. The maximum atomic E-state index is 11.5. The van der Waals surface area contributed by atoms with Crippen LogP contribution in [0.4, 0.5) is 0 Å². The SMILES string of the molecule is [O-][n+]1nc2ccc1CCCCCCCC2. The molecule has 0 saturated heterocycles. The van der Waals surface area contributed by atoms with E-state index >= 15 is 0 Å². The zero-order valence-electron chi connectivity index (χ0n) is 9.11. The number of rotatable bonds is 0. The van der Waals surface area contributed by atoms with Gasteiger partial charge < -0.3 is 5.21 Å². The van der Waals surface area contributed by atoms with E-state index in [1.165, 1.54) is 25.7 Å². The third kappa shape index (κ3) is 2.91. The van der Waals surface area contributed by atoms with E-state index in [1.54, 1.807) is 0 Å². The zero-order chi connectivity index (χ0) is 10.5. The van der Waals surface area contributed by atoms with Crippen LogP contribution in [0.25, 0.3) is 0 Å². The molecule has 1 aliphatic heterocycles. The van der Waals surface area contributed by atoms with Gasteiger partial charge in [-0.1, -0.05) is 30.5 Å². The van der Waals surface area contributed by atoms with Crippen molar-refractivity contribution in [3.8, 4) is 0 Å². The van der Waals surface area contributed by atoms with Crippen molar-refractivity contribution in [3.63, 3.8) is 0 Å². The molecular formula is C12H18N2O. The molecule has 2 aliphatic rings. The van der Waals surface area contributed by atoms with Crippen molar-refractivity contribution >= 4 is 0 Å². The largest absolute Gasteiger partial charge is 0.594 e. The first-order valence-corrected chi connectivity index (χ1v) is 5.95. The molecule has 0 aromatic carbocycles. The van der Waals surface area contributed by atoms with Crippen molar-refractivity contribution in [3.05, 3.63) is 28.7 Å². The minimum atomic E-state index is 0.816. The molecule has 0 atom stereocenters. The van der Waals surface area contributed by atoms with Gasteiger partial charge in [-0.05, 0) is 25.3 Å². The van der Waals surface area contributed by atoms with E-state index in [0.29, 0.717) is 0 Å². The van der Waals surface area contributed by atoms with Crippen LogP contribution in [0.1, 0.15) is 49.9 Å². The summed E-state index contributed by atoms with van der Waals surface area (Å²) in [6.45, 7) is 0. The van der Waals surface area contributed by atoms with Gasteiger partial charge in [0.15, 0.2) is 0 Å². The van der Waals surface area contributed by atoms with Crippen LogP contribution in [0.3, 0.4) is 0 Å². The fourth-order valence-electron chi connectivity index (χ4n) is 2.10. The molecule has 0 unspecified atom stereocenters. The lowest BCUT2D eigenvalue weighted by atomic mass is 10.0. The van der Waals surface area contributed by atoms with Gasteiger partial charge in [-0.15, -0.1) is 0 Å². The molecule has 1 aromatic heterocycles. The molecule has 0 radical (unpaired) electrons. The Labute approximate surface area is 90.7 Å². The van der Waals surface area contributed by atoms with Crippen molar-refractivity contribution in [1.82, 2.24) is 5.10 Å². The summed E-state index contributed by atoms with van der Waals surface area (Å²) < 4.78 is 0. The summed E-state index contributed by atoms with van der Waals surface area (Å²) in [6, 6.07) is 3.95. The highest BCUT2D eigenvalue weighted by Crippen LogP contribution is 2.11. The van der Waals surface area contributed by atoms with Gasteiger partial charge in [-0.25, -0.2) is 0 Å². The second-order valence-corrected chi connectivity index (χ2v) is 4.31. The predicted octanol–water partition coefficient (Wildman–Crippen LogP) is 2.15. The molecule has 1 aromatic rings. The smallest absolute Gasteiger partial charge is 0.221 e. The molecule has 3 nitrogen and oxygen atoms in total. The van der Waals surface area contributed by atoms with Crippen LogP contribution in [0, 0.1) is 5.21 Å². The van der Waals surface area contributed by atoms with Crippen molar-refractivity contribution < 1.29 is 4.85 Å². The summed E-state index contributed by atoms with van der Waals surface area (Å²) in [4.78, 5) is 0.816. The summed E-state index contributed by atoms with van der Waals surface area (Å²) in [5.74, 6) is 0. The van der Waals surface area contributed by atoms with E-state index in [0.717, 1.165) is 41.9 Å². The molecule has 0 amide bonds. The Hall–Kier alpha value is -1.12. The Morgan fingerprint density at radius 1 is 0.933 bits per heavy atom. The summed E-state index contributed by atoms with van der Waals surface area (Å²) in [5.41, 5.74) is 1.76. The van der Waals surface area contributed by atoms with Gasteiger partial charge >= 0.3 is 0 Å². The van der Waals surface area contributed by atoms with Crippen LogP contribution >= 0.6 is 0 Å². The number of hydrogen-bond donors (Lipinski definition) is 0. The normalized spacial score (nSPS) is 18.1. The van der Waals surface area contributed by atoms with E-state index < -0.39 is 0 Å². The molecule has 2 heterocycles. The summed E-state index contributed by atoms with van der Waals surface area (Å²) in [6.07, 6.45) is 9.23. The van der Waals surface area contributed by atoms with E-state index in [1.807, 2.05) is 12.1 Å². The number of aryl methyl sites for hydroxylation is 2. The highest BCUT2D eigenvalue weighted by Gasteiger charge is 2.09. The highest BCUT2D eigenvalue weighted by atomic mass is 16.5. The molecule has 1 aliphatic carbocycles. The number of aromatic nitrogens is 2. The molecule has 2 bridgehead atoms. The lowest BCUT2D eigenvalue weighted by Gasteiger charge is -2.06. The first-order valence-electron chi connectivity index (χ1n) is 5.95. The van der Waals surface area contributed by atoms with Crippen LogP contribution < -0.4 is 4.85 Å². The molecule has 3 heteroatoms. The maximum Gasteiger partial charge on any atom is 0.221 e. The average molecular weight is 206 g/mol. The molecule has 15 heavy (non-hydrogen) atoms. The quantitative estimate of drug-likeness (QED) is 0.482. The van der Waals surface area contributed by atoms with Gasteiger partial charge in [-0.2, -0.15) is 0 Å². The third-order valence-corrected chi connectivity index (χ3v) is 3.05. The van der Waals surface area contributed by atoms with Crippen LogP contribution in [0.5, 0.6) is 0 Å². The topological polar surface area (TPSA) is 39.8 Å². The standard InChI is InChI=1S/C12H18N2O/c15-14-12-8-6-4-2-1-3-5-7-11(13-14)9-10-12/h9-10H,1-8H2. The summed E-state index contributed by atoms with van der Waals surface area (Å²) in [7, 11) is 0. The highest BCUT2D eigenvalue weighted by molar-refractivity contribution is 5.03. The summed E-state index contributed by atoms with van der Waals surface area (Å²) >= 11 is 0. The van der Waals surface area contributed by atoms with Gasteiger partial charge in [-0.3, -0.25) is 0 Å². The second-order valence-electron chi connectivity index (χ2n) is 4.31. The van der Waals surface area contributed by atoms with Crippen LogP contribution in [0.15, 0.2) is 12.1 Å². The first kappa shape index (κ1) is 10.4. The Balaban J connectivity index is 2.14. The minimum absolute atomic E-state index is 0.816. The lowest BCUT2D eigenvalue weighted by Crippen LogP contribution is -2.37. The number of hydrogen-bond acceptors (Lipinski definition) is 2. The summed E-state index contributed by atoms with van der Waals surface area (Å²) in [5, 5.41) is 15.6. The molecule has 0 N–H and O–H groups in total. The van der Waals surface area contributed by atoms with E-state index in [-0.39, 0.29) is 0 Å². The molecule has 0 fully saturated rings. The van der Waals surface area contributed by atoms with E-state index in [2.05, 4.69) is 5.10 Å². The minimum Gasteiger partial charge on any atom is -0.594 e. The maximum absolute atomic E-state index is 11.5. The van der Waals surface area contributed by atoms with Crippen molar-refractivity contribution in [2.45, 2.75) is 51.4 Å². The van der Waals surface area contributed by atoms with E-state index in [4.69, 9.17) is 0 Å². The second kappa shape index (κ2) is 5.10. The molecule has 0 saturated carbocycles. The molecule has 3 rings (SSSR count). The molecular weight excluding hydrogens is 188 g/mol. The monoisotopic (exact) mass is 206 g/mol. The fourth-order valence-corrected chi connectivity index (χ4v) is 2.10. The predicted molar refractivity (Wildman–Crippen MR) is 58.3 cm³/mol. The van der Waals surface area contributed by atoms with E-state index in [9.17, 15) is 5.21 Å². The Kier molecular flexibility index (Phi) is 3.54. The van der Waals surface area contributed by atoms with Gasteiger partial charge in [0, 0.05) is 17.6 Å². The number of nitrogens with zero attached hydrogens (tertiary/aromatic N) is 2. The van der Waals surface area contributed by atoms with Crippen LogP contribution in [-0.4, -0.2) is 5.10 Å². The number of fused-ring (bicyclic) bond motifs is 9. The lowest BCUT2D eigenvalue weighted by molar-refractivity contribution is -0.677. The fraction of sp³-hybridized carbons (Fsp3) is 0.667. The van der Waals surface area contributed by atoms with Gasteiger partial charge in [0.2, 0.25) is 5.69 Å². The van der Waals surface area contributed by atoms with Gasteiger partial charge in [0.1, 0.15) is 5.69 Å². The van der Waals surface area contributed by atoms with Crippen molar-refractivity contribution in [1.29, 1.82) is 0 Å². The van der Waals surface area contributed by atoms with Gasteiger partial charge in [0.25, 0.3) is 0 Å². The van der Waals surface area contributed by atoms with Crippen molar-refractivity contribution in [2.75, 3.05) is 0 Å². The Morgan fingerprint density at radius 2 is 1.60 bits per heavy atom. The Morgan fingerprint density at radius 3 is 2.33 bits per heavy atom. The van der Waals surface area contributed by atoms with Crippen molar-refractivity contribution in [2.24, 2.45) is 0 Å². The molecule has 0 spiro atoms. The van der Waals surface area contributed by atoms with Crippen LogP contribution in [-0.2, 0) is 12.8 Å².